The number of fused-ring (bicyclic) bond motifs is 18. The highest BCUT2D eigenvalue weighted by Gasteiger charge is 2.22. The van der Waals surface area contributed by atoms with E-state index in [1.807, 2.05) is 36.8 Å². The molecule has 6 nitrogen and oxygen atoms in total. The Bertz CT molecular complexity index is 8060. The van der Waals surface area contributed by atoms with Gasteiger partial charge in [0.2, 0.25) is 0 Å². The summed E-state index contributed by atoms with van der Waals surface area (Å²) >= 11 is 0. The Hall–Kier alpha value is -15.5. The van der Waals surface area contributed by atoms with E-state index in [2.05, 4.69) is 391 Å². The monoisotopic (exact) mass is 1470 g/mol. The fourth-order valence-corrected chi connectivity index (χ4v) is 17.9. The van der Waals surface area contributed by atoms with Gasteiger partial charge in [0, 0.05) is 67.6 Å². The van der Waals surface area contributed by atoms with Crippen LogP contribution in [0.1, 0.15) is 0 Å². The van der Waals surface area contributed by atoms with Gasteiger partial charge >= 0.3 is 0 Å². The van der Waals surface area contributed by atoms with Gasteiger partial charge in [0.15, 0.2) is 0 Å². The van der Waals surface area contributed by atoms with Crippen LogP contribution < -0.4 is 0 Å². The molecule has 18 aromatic carbocycles. The molecule has 0 saturated heterocycles. The van der Waals surface area contributed by atoms with Gasteiger partial charge in [0.1, 0.15) is 0 Å². The molecule has 6 aromatic heterocycles. The molecular weight excluding hydrogens is 1410 g/mol. The van der Waals surface area contributed by atoms with E-state index >= 15 is 0 Å². The van der Waals surface area contributed by atoms with E-state index in [1.165, 1.54) is 131 Å². The van der Waals surface area contributed by atoms with Gasteiger partial charge in [-0.25, -0.2) is 15.0 Å². The zero-order valence-electron chi connectivity index (χ0n) is 62.9. The summed E-state index contributed by atoms with van der Waals surface area (Å²) in [7, 11) is 0. The number of hydrogen-bond acceptors (Lipinski definition) is 6. The third kappa shape index (κ3) is 11.7. The summed E-state index contributed by atoms with van der Waals surface area (Å²) in [5.41, 5.74) is 21.8. The lowest BCUT2D eigenvalue weighted by atomic mass is 9.84. The highest BCUT2D eigenvalue weighted by atomic mass is 14.8. The average molecular weight is 1470 g/mol. The second kappa shape index (κ2) is 28.4. The molecule has 116 heavy (non-hydrogen) atoms. The first kappa shape index (κ1) is 67.4. The lowest BCUT2D eigenvalue weighted by molar-refractivity contribution is 1.37. The Kier molecular flexibility index (Phi) is 16.5. The van der Waals surface area contributed by atoms with Crippen LogP contribution in [0.3, 0.4) is 0 Å². The zero-order chi connectivity index (χ0) is 76.6. The SMILES string of the molecule is c1ccc(-c2c3ccccc3c(-c3ccc(-c4ccc5ccc6cccnc6c5n4)c4ccccc34)c3ccccc23)cc1.c1ccc2c(c1)cc(-c1ccc(-c3ccc4ccc5cccnc5c4n3)c3ccccc13)c1ccccc12.c1ccc2cc(-c3ccc(-c4ccc5ccc6cccnc6c5n4)c4ccccc34)ccc2c1. The third-order valence-electron chi connectivity index (χ3n) is 23.3. The standard InChI is InChI=1S/C42H26N2.C36H22N2.C32H20N2/c1-2-11-27(12-3-1)39-33-16-6-8-18-35(33)40(36-19-9-7-17-34(36)39)37-24-23-32(30-14-4-5-15-31(30)37)38-25-22-29-21-20-28-13-10-26-43-41(28)42(29)44-38;1-2-10-26-25(8-1)22-33(30-14-6-3-11-27(26)30)31-18-19-32(29-13-5-4-12-28(29)31)34-20-17-24-16-15-23-9-7-21-37-35(23)36(24)38-34;1-2-7-24-20-25(14-11-21(24)6-1)26-16-17-29(28-10-4-3-9-27(26)28)30-18-15-23-13-12-22-8-5-19-33-31(22)32(23)34-30/h1-26H;1-22H;1-20H. The Morgan fingerprint density at radius 1 is 0.138 bits per heavy atom. The molecule has 0 aliphatic heterocycles. The van der Waals surface area contributed by atoms with Crippen molar-refractivity contribution in [2.45, 2.75) is 0 Å². The number of benzene rings is 18. The summed E-state index contributed by atoms with van der Waals surface area (Å²) in [6, 6.07) is 141. The lowest BCUT2D eigenvalue weighted by Gasteiger charge is -2.19. The van der Waals surface area contributed by atoms with Crippen molar-refractivity contribution in [2.75, 3.05) is 0 Å². The summed E-state index contributed by atoms with van der Waals surface area (Å²) in [6.45, 7) is 0. The van der Waals surface area contributed by atoms with Crippen molar-refractivity contribution >= 4 is 152 Å². The smallest absolute Gasteiger partial charge is 0.0972 e. The normalized spacial score (nSPS) is 11.6. The highest BCUT2D eigenvalue weighted by molar-refractivity contribution is 6.25. The molecular formula is C110H68N6. The quantitative estimate of drug-likeness (QED) is 0.117. The molecule has 0 N–H and O–H groups in total. The Morgan fingerprint density at radius 3 is 0.905 bits per heavy atom. The van der Waals surface area contributed by atoms with E-state index in [0.29, 0.717) is 0 Å². The Labute approximate surface area is 668 Å². The molecule has 24 rings (SSSR count). The van der Waals surface area contributed by atoms with Crippen LogP contribution in [0.15, 0.2) is 413 Å². The minimum Gasteiger partial charge on any atom is -0.254 e. The molecule has 0 radical (unpaired) electrons. The van der Waals surface area contributed by atoms with Crippen LogP contribution >= 0.6 is 0 Å². The maximum Gasteiger partial charge on any atom is 0.0972 e. The minimum atomic E-state index is 0.933. The van der Waals surface area contributed by atoms with Gasteiger partial charge in [-0.1, -0.05) is 346 Å². The summed E-state index contributed by atoms with van der Waals surface area (Å²) < 4.78 is 0. The molecule has 0 aliphatic rings. The zero-order valence-corrected chi connectivity index (χ0v) is 62.9. The van der Waals surface area contributed by atoms with Crippen LogP contribution in [0.4, 0.5) is 0 Å². The Morgan fingerprint density at radius 2 is 0.440 bits per heavy atom. The van der Waals surface area contributed by atoms with Crippen LogP contribution in [-0.2, 0) is 0 Å². The fraction of sp³-hybridized carbons (Fsp3) is 0. The van der Waals surface area contributed by atoms with E-state index in [4.69, 9.17) is 15.0 Å². The summed E-state index contributed by atoms with van der Waals surface area (Å²) in [5.74, 6) is 0. The topological polar surface area (TPSA) is 77.3 Å². The largest absolute Gasteiger partial charge is 0.254 e. The Balaban J connectivity index is 0.000000106. The van der Waals surface area contributed by atoms with Crippen LogP contribution in [0.2, 0.25) is 0 Å². The van der Waals surface area contributed by atoms with E-state index in [9.17, 15) is 0 Å². The van der Waals surface area contributed by atoms with Gasteiger partial charge in [-0.05, 0) is 179 Å². The van der Waals surface area contributed by atoms with Gasteiger partial charge in [0.25, 0.3) is 0 Å². The van der Waals surface area contributed by atoms with E-state index < -0.39 is 0 Å². The molecule has 24 aromatic rings. The minimum absolute atomic E-state index is 0.933. The van der Waals surface area contributed by atoms with Crippen LogP contribution in [0, 0.1) is 0 Å². The maximum absolute atomic E-state index is 5.21. The molecule has 0 aliphatic carbocycles. The van der Waals surface area contributed by atoms with E-state index in [1.54, 1.807) is 0 Å². The van der Waals surface area contributed by atoms with Crippen molar-refractivity contribution in [3.8, 4) is 78.3 Å². The number of hydrogen-bond donors (Lipinski definition) is 0. The first-order valence-corrected chi connectivity index (χ1v) is 39.4. The second-order valence-corrected chi connectivity index (χ2v) is 29.8. The molecule has 0 saturated carbocycles. The molecule has 0 bridgehead atoms. The third-order valence-corrected chi connectivity index (χ3v) is 23.3. The molecule has 6 heteroatoms. The van der Waals surface area contributed by atoms with Gasteiger partial charge in [-0.15, -0.1) is 0 Å². The maximum atomic E-state index is 5.21. The average Bonchev–Trinajstić information content (AvgIpc) is 0.695. The van der Waals surface area contributed by atoms with Gasteiger partial charge in [-0.3, -0.25) is 15.0 Å². The fourth-order valence-electron chi connectivity index (χ4n) is 17.9. The second-order valence-electron chi connectivity index (χ2n) is 29.8. The molecule has 0 unspecified atom stereocenters. The molecule has 0 atom stereocenters. The van der Waals surface area contributed by atoms with E-state index in [-0.39, 0.29) is 0 Å². The molecule has 0 fully saturated rings. The van der Waals surface area contributed by atoms with Crippen molar-refractivity contribution in [3.63, 3.8) is 0 Å². The first-order chi connectivity index (χ1) is 57.5. The predicted molar refractivity (Wildman–Crippen MR) is 489 cm³/mol. The van der Waals surface area contributed by atoms with Crippen molar-refractivity contribution in [1.82, 2.24) is 29.9 Å². The van der Waals surface area contributed by atoms with Gasteiger partial charge < -0.3 is 0 Å². The number of aromatic nitrogens is 6. The number of pyridine rings is 6. The molecule has 6 heterocycles. The van der Waals surface area contributed by atoms with Crippen molar-refractivity contribution < 1.29 is 0 Å². The van der Waals surface area contributed by atoms with Crippen molar-refractivity contribution in [2.24, 2.45) is 0 Å². The number of nitrogens with zero attached hydrogens (tertiary/aromatic N) is 6. The molecule has 0 spiro atoms. The van der Waals surface area contributed by atoms with Crippen molar-refractivity contribution in [1.29, 1.82) is 0 Å². The number of rotatable bonds is 7. The van der Waals surface area contributed by atoms with Gasteiger partial charge in [0.05, 0.1) is 50.2 Å². The van der Waals surface area contributed by atoms with Crippen LogP contribution in [0.25, 0.3) is 230 Å². The van der Waals surface area contributed by atoms with Crippen LogP contribution in [0.5, 0.6) is 0 Å². The predicted octanol–water partition coefficient (Wildman–Crippen LogP) is 29.2. The van der Waals surface area contributed by atoms with E-state index in [0.717, 1.165) is 99.2 Å². The van der Waals surface area contributed by atoms with Crippen LogP contribution in [-0.4, -0.2) is 29.9 Å². The summed E-state index contributed by atoms with van der Waals surface area (Å²) in [4.78, 5) is 29.4. The lowest BCUT2D eigenvalue weighted by Crippen LogP contribution is -1.93. The summed E-state index contributed by atoms with van der Waals surface area (Å²) in [5, 5.41) is 26.5. The highest BCUT2D eigenvalue weighted by Crippen LogP contribution is 2.48. The van der Waals surface area contributed by atoms with Gasteiger partial charge in [-0.2, -0.15) is 0 Å². The van der Waals surface area contributed by atoms with Crippen molar-refractivity contribution in [3.05, 3.63) is 413 Å². The first-order valence-electron chi connectivity index (χ1n) is 39.4. The molecule has 538 valence electrons. The summed E-state index contributed by atoms with van der Waals surface area (Å²) in [6.07, 6.45) is 5.52. The molecule has 0 amide bonds.